The molecule has 0 aliphatic rings. The highest BCUT2D eigenvalue weighted by atomic mass is 35.5. The first-order valence-electron chi connectivity index (χ1n) is 9.59. The lowest BCUT2D eigenvalue weighted by molar-refractivity contribution is 0.0729. The van der Waals surface area contributed by atoms with Crippen LogP contribution < -0.4 is 19.0 Å². The molecule has 0 radical (unpaired) electrons. The second-order valence-corrected chi connectivity index (χ2v) is 8.89. The van der Waals surface area contributed by atoms with E-state index in [2.05, 4.69) is 9.93 Å². The quantitative estimate of drug-likeness (QED) is 0.220. The number of ether oxygens (including phenoxy) is 3. The van der Waals surface area contributed by atoms with Gasteiger partial charge in [0.1, 0.15) is 5.75 Å². The maximum atomic E-state index is 12.5. The van der Waals surface area contributed by atoms with Crippen LogP contribution in [0.4, 0.5) is 0 Å². The highest BCUT2D eigenvalue weighted by Gasteiger charge is 2.17. The van der Waals surface area contributed by atoms with Crippen molar-refractivity contribution in [2.24, 2.45) is 5.10 Å². The second kappa shape index (κ2) is 10.4. The van der Waals surface area contributed by atoms with Crippen molar-refractivity contribution in [1.29, 1.82) is 0 Å². The molecule has 0 amide bonds. The number of aryl methyl sites for hydroxylation is 1. The summed E-state index contributed by atoms with van der Waals surface area (Å²) in [6, 6.07) is 15.7. The number of hydrogen-bond donors (Lipinski definition) is 1. The third-order valence-corrected chi connectivity index (χ3v) is 6.01. The van der Waals surface area contributed by atoms with Gasteiger partial charge in [0.05, 0.1) is 35.9 Å². The predicted octanol–water partition coefficient (Wildman–Crippen LogP) is 4.20. The average Bonchev–Trinajstić information content (AvgIpc) is 2.80. The molecule has 3 aromatic carbocycles. The number of carbonyl (C=O) groups is 1. The summed E-state index contributed by atoms with van der Waals surface area (Å²) in [7, 11) is -0.913. The van der Waals surface area contributed by atoms with E-state index in [4.69, 9.17) is 25.8 Å². The van der Waals surface area contributed by atoms with Crippen molar-refractivity contribution in [3.8, 4) is 17.2 Å². The van der Waals surface area contributed by atoms with Crippen molar-refractivity contribution >= 4 is 33.8 Å². The number of hydrogen-bond acceptors (Lipinski definition) is 7. The number of hydrazone groups is 1. The number of benzene rings is 3. The van der Waals surface area contributed by atoms with Crippen LogP contribution in [0.25, 0.3) is 0 Å². The lowest BCUT2D eigenvalue weighted by atomic mass is 10.2. The van der Waals surface area contributed by atoms with Crippen molar-refractivity contribution in [3.63, 3.8) is 0 Å². The molecule has 0 fully saturated rings. The van der Waals surface area contributed by atoms with E-state index < -0.39 is 16.0 Å². The number of carbonyl (C=O) groups excluding carboxylic acids is 1. The Labute approximate surface area is 196 Å². The smallest absolute Gasteiger partial charge is 0.343 e. The molecule has 0 heterocycles. The summed E-state index contributed by atoms with van der Waals surface area (Å²) >= 11 is 6.29. The maximum absolute atomic E-state index is 12.5. The van der Waals surface area contributed by atoms with E-state index in [1.165, 1.54) is 44.7 Å². The Morgan fingerprint density at radius 1 is 1.00 bits per heavy atom. The van der Waals surface area contributed by atoms with Crippen molar-refractivity contribution in [2.75, 3.05) is 14.2 Å². The first-order valence-corrected chi connectivity index (χ1v) is 11.4. The fourth-order valence-electron chi connectivity index (χ4n) is 2.73. The molecule has 3 rings (SSSR count). The summed E-state index contributed by atoms with van der Waals surface area (Å²) in [5.41, 5.74) is 1.66. The van der Waals surface area contributed by atoms with E-state index in [9.17, 15) is 13.2 Å². The molecule has 3 aromatic rings. The minimum absolute atomic E-state index is 0.0253. The maximum Gasteiger partial charge on any atom is 0.343 e. The minimum Gasteiger partial charge on any atom is -0.497 e. The molecule has 0 saturated heterocycles. The molecular weight excluding hydrogens is 468 g/mol. The lowest BCUT2D eigenvalue weighted by Crippen LogP contribution is -2.18. The van der Waals surface area contributed by atoms with E-state index in [1.807, 2.05) is 6.92 Å². The number of nitrogens with one attached hydrogen (secondary N) is 1. The largest absolute Gasteiger partial charge is 0.497 e. The Kier molecular flexibility index (Phi) is 7.57. The second-order valence-electron chi connectivity index (χ2n) is 6.82. The zero-order valence-corrected chi connectivity index (χ0v) is 19.6. The number of esters is 1. The molecule has 33 heavy (non-hydrogen) atoms. The molecule has 172 valence electrons. The Bertz CT molecular complexity index is 1270. The van der Waals surface area contributed by atoms with Gasteiger partial charge in [0.25, 0.3) is 10.0 Å². The SMILES string of the molecule is COc1ccc(C(=O)Oc2c(Cl)cc(/C=N/NS(=O)(=O)c3ccc(C)cc3)cc2OC)cc1. The van der Waals surface area contributed by atoms with Crippen LogP contribution >= 0.6 is 11.6 Å². The molecule has 0 bridgehead atoms. The summed E-state index contributed by atoms with van der Waals surface area (Å²) in [5, 5.41) is 3.87. The fourth-order valence-corrected chi connectivity index (χ4v) is 3.78. The van der Waals surface area contributed by atoms with Crippen LogP contribution in [0.15, 0.2) is 70.7 Å². The average molecular weight is 489 g/mol. The molecule has 0 aliphatic heterocycles. The van der Waals surface area contributed by atoms with Gasteiger partial charge in [-0.2, -0.15) is 13.5 Å². The van der Waals surface area contributed by atoms with Gasteiger partial charge in [0.2, 0.25) is 0 Å². The zero-order valence-electron chi connectivity index (χ0n) is 18.0. The number of rotatable bonds is 8. The normalized spacial score (nSPS) is 11.3. The van der Waals surface area contributed by atoms with Crippen LogP contribution in [-0.4, -0.2) is 34.8 Å². The first kappa shape index (κ1) is 24.1. The van der Waals surface area contributed by atoms with Gasteiger partial charge in [0, 0.05) is 0 Å². The molecule has 8 nitrogen and oxygen atoms in total. The predicted molar refractivity (Wildman–Crippen MR) is 125 cm³/mol. The van der Waals surface area contributed by atoms with Gasteiger partial charge in [-0.05, 0) is 61.0 Å². The van der Waals surface area contributed by atoms with Crippen LogP contribution in [0.3, 0.4) is 0 Å². The zero-order chi connectivity index (χ0) is 24.0. The molecule has 0 unspecified atom stereocenters. The van der Waals surface area contributed by atoms with Crippen LogP contribution in [0.2, 0.25) is 5.02 Å². The van der Waals surface area contributed by atoms with Crippen molar-refractivity contribution < 1.29 is 27.4 Å². The summed E-state index contributed by atoms with van der Waals surface area (Å²) in [6.45, 7) is 1.86. The standard InChI is InChI=1S/C23H21ClN2O6S/c1-15-4-10-19(11-5-15)33(28,29)26-25-14-16-12-20(24)22(21(13-16)31-3)32-23(27)17-6-8-18(30-2)9-7-17/h4-14,26H,1-3H3/b25-14+. The van der Waals surface area contributed by atoms with E-state index >= 15 is 0 Å². The van der Waals surface area contributed by atoms with Gasteiger partial charge in [-0.3, -0.25) is 0 Å². The Hall–Kier alpha value is -3.56. The first-order chi connectivity index (χ1) is 15.7. The Morgan fingerprint density at radius 2 is 1.67 bits per heavy atom. The van der Waals surface area contributed by atoms with Gasteiger partial charge >= 0.3 is 5.97 Å². The molecule has 0 aromatic heterocycles. The summed E-state index contributed by atoms with van der Waals surface area (Å²) in [6.07, 6.45) is 1.26. The van der Waals surface area contributed by atoms with Gasteiger partial charge in [-0.15, -0.1) is 0 Å². The number of halogens is 1. The van der Waals surface area contributed by atoms with E-state index in [0.29, 0.717) is 16.9 Å². The van der Waals surface area contributed by atoms with Crippen molar-refractivity contribution in [3.05, 3.63) is 82.4 Å². The van der Waals surface area contributed by atoms with Gasteiger partial charge in [-0.1, -0.05) is 29.3 Å². The lowest BCUT2D eigenvalue weighted by Gasteiger charge is -2.12. The molecule has 0 aliphatic carbocycles. The van der Waals surface area contributed by atoms with Gasteiger partial charge in [-0.25, -0.2) is 9.63 Å². The molecule has 0 spiro atoms. The minimum atomic E-state index is -3.82. The Morgan fingerprint density at radius 3 is 2.27 bits per heavy atom. The highest BCUT2D eigenvalue weighted by Crippen LogP contribution is 2.36. The molecule has 0 saturated carbocycles. The highest BCUT2D eigenvalue weighted by molar-refractivity contribution is 7.89. The topological polar surface area (TPSA) is 103 Å². The molecule has 10 heteroatoms. The van der Waals surface area contributed by atoms with Crippen LogP contribution in [0, 0.1) is 6.92 Å². The van der Waals surface area contributed by atoms with Gasteiger partial charge in [0.15, 0.2) is 11.5 Å². The third kappa shape index (κ3) is 6.03. The number of sulfonamides is 1. The van der Waals surface area contributed by atoms with E-state index in [0.717, 1.165) is 5.56 Å². The fraction of sp³-hybridized carbons (Fsp3) is 0.130. The third-order valence-electron chi connectivity index (χ3n) is 4.49. The molecule has 1 N–H and O–H groups in total. The number of nitrogens with zero attached hydrogens (tertiary/aromatic N) is 1. The van der Waals surface area contributed by atoms with E-state index in [1.54, 1.807) is 36.4 Å². The monoisotopic (exact) mass is 488 g/mol. The van der Waals surface area contributed by atoms with Crippen LogP contribution in [0.5, 0.6) is 17.2 Å². The Balaban J connectivity index is 1.76. The van der Waals surface area contributed by atoms with E-state index in [-0.39, 0.29) is 21.4 Å². The number of methoxy groups -OCH3 is 2. The summed E-state index contributed by atoms with van der Waals surface area (Å²) < 4.78 is 40.4. The summed E-state index contributed by atoms with van der Waals surface area (Å²) in [4.78, 5) is 14.7. The van der Waals surface area contributed by atoms with Crippen LogP contribution in [0.1, 0.15) is 21.5 Å². The molecular formula is C23H21ClN2O6S. The van der Waals surface area contributed by atoms with Crippen molar-refractivity contribution in [2.45, 2.75) is 11.8 Å². The summed E-state index contributed by atoms with van der Waals surface area (Å²) in [5.74, 6) is 0.165. The van der Waals surface area contributed by atoms with Crippen LogP contribution in [-0.2, 0) is 10.0 Å². The van der Waals surface area contributed by atoms with Gasteiger partial charge < -0.3 is 14.2 Å². The molecule has 0 atom stereocenters. The van der Waals surface area contributed by atoms with Crippen molar-refractivity contribution in [1.82, 2.24) is 4.83 Å².